The lowest BCUT2D eigenvalue weighted by Crippen LogP contribution is -1.94. The summed E-state index contributed by atoms with van der Waals surface area (Å²) in [6.45, 7) is 0.640. The molecule has 0 bridgehead atoms. The molecule has 0 aromatic heterocycles. The van der Waals surface area contributed by atoms with Gasteiger partial charge in [-0.15, -0.1) is 0 Å². The van der Waals surface area contributed by atoms with Crippen molar-refractivity contribution in [3.63, 3.8) is 0 Å². The third kappa shape index (κ3) is 4.49. The quantitative estimate of drug-likeness (QED) is 0.777. The number of aldehydes is 1. The average Bonchev–Trinajstić information content (AvgIpc) is 2.41. The standard InChI is InChI=1S/C7H9N.C7H6O2/c8-6-7-4-2-1-3-5-7;8-5-6-3-1-2-4-7(6)9/h1-5H,6,8H2;1-5,9H. The number of phenolic OH excluding ortho intramolecular Hbond substituents is 1. The molecule has 88 valence electrons. The molecule has 17 heavy (non-hydrogen) atoms. The van der Waals surface area contributed by atoms with E-state index >= 15 is 0 Å². The van der Waals surface area contributed by atoms with Crippen LogP contribution in [-0.4, -0.2) is 11.4 Å². The van der Waals surface area contributed by atoms with Gasteiger partial charge in [-0.3, -0.25) is 4.79 Å². The summed E-state index contributed by atoms with van der Waals surface area (Å²) < 4.78 is 0. The van der Waals surface area contributed by atoms with Crippen molar-refractivity contribution < 1.29 is 9.90 Å². The molecule has 0 heterocycles. The van der Waals surface area contributed by atoms with Crippen LogP contribution in [0.1, 0.15) is 15.9 Å². The molecule has 2 aromatic carbocycles. The molecule has 0 saturated carbocycles. The van der Waals surface area contributed by atoms with Crippen molar-refractivity contribution >= 4 is 6.29 Å². The van der Waals surface area contributed by atoms with Crippen LogP contribution in [-0.2, 0) is 6.54 Å². The van der Waals surface area contributed by atoms with E-state index < -0.39 is 0 Å². The van der Waals surface area contributed by atoms with Crippen molar-refractivity contribution in [3.8, 4) is 5.75 Å². The number of hydrogen-bond donors (Lipinski definition) is 2. The first-order chi connectivity index (χ1) is 8.27. The number of rotatable bonds is 2. The lowest BCUT2D eigenvalue weighted by Gasteiger charge is -1.91. The van der Waals surface area contributed by atoms with Crippen LogP contribution in [0.2, 0.25) is 0 Å². The van der Waals surface area contributed by atoms with Gasteiger partial charge in [-0.25, -0.2) is 0 Å². The van der Waals surface area contributed by atoms with Gasteiger partial charge in [-0.2, -0.15) is 0 Å². The van der Waals surface area contributed by atoms with E-state index in [-0.39, 0.29) is 5.75 Å². The Morgan fingerprint density at radius 1 is 1.00 bits per heavy atom. The minimum absolute atomic E-state index is 0.0347. The first-order valence-electron chi connectivity index (χ1n) is 5.25. The van der Waals surface area contributed by atoms with Crippen molar-refractivity contribution in [1.29, 1.82) is 0 Å². The summed E-state index contributed by atoms with van der Waals surface area (Å²) in [7, 11) is 0. The molecule has 0 saturated heterocycles. The van der Waals surface area contributed by atoms with Crippen molar-refractivity contribution in [2.45, 2.75) is 6.54 Å². The van der Waals surface area contributed by atoms with Crippen LogP contribution in [0, 0.1) is 0 Å². The highest BCUT2D eigenvalue weighted by atomic mass is 16.3. The van der Waals surface area contributed by atoms with Crippen LogP contribution in [0.25, 0.3) is 0 Å². The maximum absolute atomic E-state index is 10.1. The Morgan fingerprint density at radius 3 is 2.00 bits per heavy atom. The molecule has 0 unspecified atom stereocenters. The lowest BCUT2D eigenvalue weighted by molar-refractivity contribution is 0.112. The smallest absolute Gasteiger partial charge is 0.153 e. The molecule has 0 radical (unpaired) electrons. The van der Waals surface area contributed by atoms with Gasteiger partial charge in [0.15, 0.2) is 6.29 Å². The topological polar surface area (TPSA) is 63.3 Å². The van der Waals surface area contributed by atoms with Crippen molar-refractivity contribution in [2.75, 3.05) is 0 Å². The minimum atomic E-state index is 0.0347. The van der Waals surface area contributed by atoms with Gasteiger partial charge in [-0.1, -0.05) is 42.5 Å². The van der Waals surface area contributed by atoms with E-state index in [1.807, 2.05) is 30.3 Å². The molecule has 2 rings (SSSR count). The van der Waals surface area contributed by atoms with Crippen molar-refractivity contribution in [2.24, 2.45) is 5.73 Å². The Labute approximate surface area is 101 Å². The summed E-state index contributed by atoms with van der Waals surface area (Å²) >= 11 is 0. The Hall–Kier alpha value is -2.13. The fraction of sp³-hybridized carbons (Fsp3) is 0.0714. The second kappa shape index (κ2) is 7.19. The molecule has 3 heteroatoms. The van der Waals surface area contributed by atoms with Crippen LogP contribution < -0.4 is 5.73 Å². The van der Waals surface area contributed by atoms with Crippen LogP contribution in [0.4, 0.5) is 0 Å². The number of carbonyl (C=O) groups excluding carboxylic acids is 1. The van der Waals surface area contributed by atoms with Crippen LogP contribution in [0.15, 0.2) is 54.6 Å². The first kappa shape index (κ1) is 12.9. The zero-order valence-electron chi connectivity index (χ0n) is 9.41. The molecule has 0 atom stereocenters. The maximum atomic E-state index is 10.1. The zero-order valence-corrected chi connectivity index (χ0v) is 9.41. The maximum Gasteiger partial charge on any atom is 0.153 e. The fourth-order valence-corrected chi connectivity index (χ4v) is 1.20. The third-order valence-electron chi connectivity index (χ3n) is 2.14. The Balaban J connectivity index is 0.000000171. The molecule has 0 aliphatic rings. The second-order valence-electron chi connectivity index (χ2n) is 3.37. The predicted molar refractivity (Wildman–Crippen MR) is 67.8 cm³/mol. The van der Waals surface area contributed by atoms with E-state index in [2.05, 4.69) is 0 Å². The molecule has 0 spiro atoms. The Bertz CT molecular complexity index is 455. The lowest BCUT2D eigenvalue weighted by atomic mass is 10.2. The molecule has 3 N–H and O–H groups in total. The number of hydrogen-bond acceptors (Lipinski definition) is 3. The van der Waals surface area contributed by atoms with Crippen molar-refractivity contribution in [1.82, 2.24) is 0 Å². The van der Waals surface area contributed by atoms with Crippen LogP contribution >= 0.6 is 0 Å². The SMILES string of the molecule is NCc1ccccc1.O=Cc1ccccc1O. The monoisotopic (exact) mass is 229 g/mol. The molecule has 3 nitrogen and oxygen atoms in total. The number of para-hydroxylation sites is 1. The summed E-state index contributed by atoms with van der Waals surface area (Å²) in [4.78, 5) is 10.1. The number of aromatic hydroxyl groups is 1. The predicted octanol–water partition coefficient (Wildman–Crippen LogP) is 2.35. The molecule has 0 fully saturated rings. The highest BCUT2D eigenvalue weighted by molar-refractivity contribution is 5.78. The Morgan fingerprint density at radius 2 is 1.59 bits per heavy atom. The molecule has 0 aliphatic carbocycles. The van der Waals surface area contributed by atoms with Crippen LogP contribution in [0.3, 0.4) is 0 Å². The van der Waals surface area contributed by atoms with Gasteiger partial charge in [0.25, 0.3) is 0 Å². The molecular formula is C14H15NO2. The van der Waals surface area contributed by atoms with E-state index in [0.29, 0.717) is 18.4 Å². The van der Waals surface area contributed by atoms with Gasteiger partial charge in [-0.05, 0) is 17.7 Å². The van der Waals surface area contributed by atoms with Gasteiger partial charge in [0.1, 0.15) is 5.75 Å². The number of nitrogens with two attached hydrogens (primary N) is 1. The van der Waals surface area contributed by atoms with Gasteiger partial charge in [0.2, 0.25) is 0 Å². The molecular weight excluding hydrogens is 214 g/mol. The average molecular weight is 229 g/mol. The van der Waals surface area contributed by atoms with E-state index in [4.69, 9.17) is 10.8 Å². The third-order valence-corrected chi connectivity index (χ3v) is 2.14. The second-order valence-corrected chi connectivity index (χ2v) is 3.37. The highest BCUT2D eigenvalue weighted by Gasteiger charge is 1.93. The largest absolute Gasteiger partial charge is 0.507 e. The molecule has 2 aromatic rings. The van der Waals surface area contributed by atoms with Gasteiger partial charge >= 0.3 is 0 Å². The number of carbonyl (C=O) groups is 1. The van der Waals surface area contributed by atoms with Crippen molar-refractivity contribution in [3.05, 3.63) is 65.7 Å². The number of benzene rings is 2. The number of phenols is 1. The van der Waals surface area contributed by atoms with E-state index in [1.165, 1.54) is 11.6 Å². The normalized spacial score (nSPS) is 9.00. The summed E-state index contributed by atoms with van der Waals surface area (Å²) in [6.07, 6.45) is 0.620. The highest BCUT2D eigenvalue weighted by Crippen LogP contribution is 2.11. The molecule has 0 aliphatic heterocycles. The van der Waals surface area contributed by atoms with E-state index in [9.17, 15) is 4.79 Å². The van der Waals surface area contributed by atoms with Gasteiger partial charge in [0.05, 0.1) is 5.56 Å². The van der Waals surface area contributed by atoms with Gasteiger partial charge < -0.3 is 10.8 Å². The summed E-state index contributed by atoms with van der Waals surface area (Å²) in [6, 6.07) is 16.4. The van der Waals surface area contributed by atoms with E-state index in [1.54, 1.807) is 18.2 Å². The summed E-state index contributed by atoms with van der Waals surface area (Å²) in [5.41, 5.74) is 6.87. The summed E-state index contributed by atoms with van der Waals surface area (Å²) in [5, 5.41) is 8.88. The minimum Gasteiger partial charge on any atom is -0.507 e. The first-order valence-corrected chi connectivity index (χ1v) is 5.25. The van der Waals surface area contributed by atoms with E-state index in [0.717, 1.165) is 0 Å². The summed E-state index contributed by atoms with van der Waals surface area (Å²) in [5.74, 6) is 0.0347. The Kier molecular flexibility index (Phi) is 5.47. The van der Waals surface area contributed by atoms with Crippen LogP contribution in [0.5, 0.6) is 5.75 Å². The molecule has 0 amide bonds. The van der Waals surface area contributed by atoms with Gasteiger partial charge in [0, 0.05) is 6.54 Å². The fourth-order valence-electron chi connectivity index (χ4n) is 1.20. The zero-order chi connectivity index (χ0) is 12.5.